The van der Waals surface area contributed by atoms with E-state index < -0.39 is 8.07 Å². The monoisotopic (exact) mass is 213 g/mol. The number of hydrogen-bond acceptors (Lipinski definition) is 1. The Morgan fingerprint density at radius 3 is 1.79 bits per heavy atom. The van der Waals surface area contributed by atoms with Crippen molar-refractivity contribution in [3.8, 4) is 0 Å². The Bertz CT molecular complexity index is 140. The lowest BCUT2D eigenvalue weighted by molar-refractivity contribution is 0.258. The summed E-state index contributed by atoms with van der Waals surface area (Å²) in [7, 11) is -0.879. The number of likely N-dealkylation sites (tertiary alicyclic amines) is 1. The van der Waals surface area contributed by atoms with E-state index in [2.05, 4.69) is 25.7 Å². The molecule has 0 amide bonds. The van der Waals surface area contributed by atoms with Gasteiger partial charge in [0.05, 0.1) is 8.07 Å². The van der Waals surface area contributed by atoms with Gasteiger partial charge in [0, 0.05) is 0 Å². The van der Waals surface area contributed by atoms with Crippen LogP contribution in [-0.4, -0.2) is 32.2 Å². The number of piperidine rings is 1. The minimum atomic E-state index is -0.879. The largest absolute Gasteiger partial charge is 0.306 e. The van der Waals surface area contributed by atoms with Crippen molar-refractivity contribution in [2.45, 2.75) is 58.2 Å². The summed E-state index contributed by atoms with van der Waals surface area (Å²) in [6.45, 7) is 10.0. The Morgan fingerprint density at radius 1 is 0.857 bits per heavy atom. The molecule has 2 heteroatoms. The Hall–Kier alpha value is 0.177. The minimum Gasteiger partial charge on any atom is -0.306 e. The van der Waals surface area contributed by atoms with Gasteiger partial charge >= 0.3 is 0 Å². The summed E-state index contributed by atoms with van der Waals surface area (Å²) in [5, 5.41) is 0. The average molecular weight is 213 g/mol. The van der Waals surface area contributed by atoms with E-state index in [1.807, 2.05) is 0 Å². The first kappa shape index (κ1) is 12.2. The van der Waals surface area contributed by atoms with Crippen molar-refractivity contribution in [1.29, 1.82) is 0 Å². The maximum absolute atomic E-state index is 2.76. The number of hydrogen-bond donors (Lipinski definition) is 0. The number of rotatable bonds is 5. The van der Waals surface area contributed by atoms with Crippen LogP contribution in [0.5, 0.6) is 0 Å². The molecule has 0 aromatic carbocycles. The SMILES string of the molecule is CC[Si](CC)(CC)CN1CCCCC1. The molecule has 0 aromatic rings. The molecule has 1 rings (SSSR count). The first-order valence-corrected chi connectivity index (χ1v) is 9.31. The van der Waals surface area contributed by atoms with Crippen molar-refractivity contribution in [1.82, 2.24) is 4.90 Å². The van der Waals surface area contributed by atoms with E-state index in [1.54, 1.807) is 0 Å². The zero-order chi connectivity index (χ0) is 10.4. The highest BCUT2D eigenvalue weighted by Crippen LogP contribution is 2.23. The minimum absolute atomic E-state index is 0.879. The molecular formula is C12H27NSi. The standard InChI is InChI=1S/C12H27NSi/c1-4-14(5-2,6-3)12-13-10-8-7-9-11-13/h4-12H2,1-3H3. The molecule has 14 heavy (non-hydrogen) atoms. The molecule has 1 saturated heterocycles. The molecular weight excluding hydrogens is 186 g/mol. The van der Waals surface area contributed by atoms with Crippen LogP contribution in [0.2, 0.25) is 18.1 Å². The summed E-state index contributed by atoms with van der Waals surface area (Å²) in [5.41, 5.74) is 0. The lowest BCUT2D eigenvalue weighted by atomic mass is 10.1. The predicted molar refractivity (Wildman–Crippen MR) is 67.5 cm³/mol. The van der Waals surface area contributed by atoms with Crippen LogP contribution in [0, 0.1) is 0 Å². The van der Waals surface area contributed by atoms with Gasteiger partial charge in [0.1, 0.15) is 0 Å². The van der Waals surface area contributed by atoms with Crippen LogP contribution in [0.1, 0.15) is 40.0 Å². The molecule has 0 aromatic heterocycles. The van der Waals surface area contributed by atoms with Gasteiger partial charge in [0.2, 0.25) is 0 Å². The van der Waals surface area contributed by atoms with Crippen molar-refractivity contribution >= 4 is 8.07 Å². The predicted octanol–water partition coefficient (Wildman–Crippen LogP) is 3.52. The average Bonchev–Trinajstić information content (AvgIpc) is 2.28. The fourth-order valence-electron chi connectivity index (χ4n) is 2.68. The summed E-state index contributed by atoms with van der Waals surface area (Å²) >= 11 is 0. The molecule has 1 aliphatic heterocycles. The maximum Gasteiger partial charge on any atom is 0.0682 e. The van der Waals surface area contributed by atoms with Gasteiger partial charge in [0.25, 0.3) is 0 Å². The molecule has 0 radical (unpaired) electrons. The van der Waals surface area contributed by atoms with Crippen LogP contribution >= 0.6 is 0 Å². The Labute approximate surface area is 90.9 Å². The third-order valence-electron chi connectivity index (χ3n) is 4.26. The second-order valence-corrected chi connectivity index (χ2v) is 10.3. The van der Waals surface area contributed by atoms with E-state index in [-0.39, 0.29) is 0 Å². The van der Waals surface area contributed by atoms with Crippen LogP contribution in [0.25, 0.3) is 0 Å². The molecule has 0 aliphatic carbocycles. The Morgan fingerprint density at radius 2 is 1.36 bits per heavy atom. The third kappa shape index (κ3) is 3.09. The first-order valence-electron chi connectivity index (χ1n) is 6.48. The molecule has 1 aliphatic rings. The molecule has 0 unspecified atom stereocenters. The van der Waals surface area contributed by atoms with E-state index >= 15 is 0 Å². The van der Waals surface area contributed by atoms with Crippen LogP contribution in [0.4, 0.5) is 0 Å². The second kappa shape index (κ2) is 5.91. The molecule has 0 bridgehead atoms. The van der Waals surface area contributed by atoms with Crippen LogP contribution in [0.15, 0.2) is 0 Å². The maximum atomic E-state index is 2.76. The highest BCUT2D eigenvalue weighted by atomic mass is 28.3. The Kier molecular flexibility index (Phi) is 5.17. The van der Waals surface area contributed by atoms with Gasteiger partial charge in [-0.15, -0.1) is 0 Å². The third-order valence-corrected chi connectivity index (χ3v) is 9.88. The quantitative estimate of drug-likeness (QED) is 0.632. The molecule has 0 N–H and O–H groups in total. The fourth-order valence-corrected chi connectivity index (χ4v) is 6.11. The summed E-state index contributed by atoms with van der Waals surface area (Å²) in [6.07, 6.45) is 5.84. The van der Waals surface area contributed by atoms with Gasteiger partial charge in [-0.3, -0.25) is 0 Å². The summed E-state index contributed by atoms with van der Waals surface area (Å²) in [6, 6.07) is 4.45. The van der Waals surface area contributed by atoms with Crippen molar-refractivity contribution in [3.63, 3.8) is 0 Å². The second-order valence-electron chi connectivity index (χ2n) is 4.90. The van der Waals surface area contributed by atoms with Gasteiger partial charge in [-0.05, 0) is 32.1 Å². The van der Waals surface area contributed by atoms with Gasteiger partial charge in [0.15, 0.2) is 0 Å². The van der Waals surface area contributed by atoms with Crippen LogP contribution in [0.3, 0.4) is 0 Å². The molecule has 1 fully saturated rings. The molecule has 0 spiro atoms. The highest BCUT2D eigenvalue weighted by Gasteiger charge is 2.29. The number of nitrogens with zero attached hydrogens (tertiary/aromatic N) is 1. The van der Waals surface area contributed by atoms with E-state index in [0.29, 0.717) is 0 Å². The fraction of sp³-hybridized carbons (Fsp3) is 1.00. The van der Waals surface area contributed by atoms with Gasteiger partial charge in [-0.25, -0.2) is 0 Å². The topological polar surface area (TPSA) is 3.24 Å². The lowest BCUT2D eigenvalue weighted by Gasteiger charge is -2.36. The molecule has 84 valence electrons. The van der Waals surface area contributed by atoms with E-state index in [1.165, 1.54) is 56.7 Å². The van der Waals surface area contributed by atoms with E-state index in [9.17, 15) is 0 Å². The summed E-state index contributed by atoms with van der Waals surface area (Å²) < 4.78 is 0. The van der Waals surface area contributed by atoms with Crippen molar-refractivity contribution in [3.05, 3.63) is 0 Å². The summed E-state index contributed by atoms with van der Waals surface area (Å²) in [5.74, 6) is 0. The smallest absolute Gasteiger partial charge is 0.0682 e. The molecule has 1 heterocycles. The molecule has 1 nitrogen and oxygen atoms in total. The zero-order valence-corrected chi connectivity index (χ0v) is 11.3. The van der Waals surface area contributed by atoms with Crippen molar-refractivity contribution in [2.75, 3.05) is 19.3 Å². The Balaban J connectivity index is 2.44. The zero-order valence-electron chi connectivity index (χ0n) is 10.3. The van der Waals surface area contributed by atoms with Crippen LogP contribution < -0.4 is 0 Å². The van der Waals surface area contributed by atoms with E-state index in [0.717, 1.165) is 0 Å². The van der Waals surface area contributed by atoms with Gasteiger partial charge in [-0.2, -0.15) is 0 Å². The highest BCUT2D eigenvalue weighted by molar-refractivity contribution is 6.79. The first-order chi connectivity index (χ1) is 6.76. The molecule has 0 atom stereocenters. The van der Waals surface area contributed by atoms with Crippen molar-refractivity contribution < 1.29 is 0 Å². The lowest BCUT2D eigenvalue weighted by Crippen LogP contribution is -2.47. The summed E-state index contributed by atoms with van der Waals surface area (Å²) in [4.78, 5) is 2.76. The molecule has 0 saturated carbocycles. The van der Waals surface area contributed by atoms with Gasteiger partial charge in [-0.1, -0.05) is 45.3 Å². The van der Waals surface area contributed by atoms with Crippen LogP contribution in [-0.2, 0) is 0 Å². The normalized spacial score (nSPS) is 19.9. The van der Waals surface area contributed by atoms with Gasteiger partial charge < -0.3 is 4.90 Å². The van der Waals surface area contributed by atoms with Crippen molar-refractivity contribution in [2.24, 2.45) is 0 Å². The van der Waals surface area contributed by atoms with E-state index in [4.69, 9.17) is 0 Å².